The van der Waals surface area contributed by atoms with Crippen LogP contribution in [-0.4, -0.2) is 43.0 Å². The van der Waals surface area contributed by atoms with Crippen molar-refractivity contribution < 1.29 is 4.79 Å². The standard InChI is InChI=1S/C12H25N3O/c1-11-6-2-4-8-15(11)9-5-3-7-14-12(16)10-13/h11H,2-10,13H2,1H3,(H,14,16). The first-order chi connectivity index (χ1) is 7.74. The van der Waals surface area contributed by atoms with Gasteiger partial charge in [-0.25, -0.2) is 0 Å². The first-order valence-electron chi connectivity index (χ1n) is 6.45. The van der Waals surface area contributed by atoms with Gasteiger partial charge >= 0.3 is 0 Å². The Labute approximate surface area is 98.6 Å². The molecule has 0 spiro atoms. The van der Waals surface area contributed by atoms with E-state index in [1.165, 1.54) is 32.4 Å². The number of carbonyl (C=O) groups is 1. The van der Waals surface area contributed by atoms with Crippen molar-refractivity contribution in [3.05, 3.63) is 0 Å². The highest BCUT2D eigenvalue weighted by Gasteiger charge is 2.16. The number of hydrogen-bond donors (Lipinski definition) is 2. The highest BCUT2D eigenvalue weighted by atomic mass is 16.1. The van der Waals surface area contributed by atoms with Crippen LogP contribution >= 0.6 is 0 Å². The van der Waals surface area contributed by atoms with E-state index in [2.05, 4.69) is 17.1 Å². The maximum absolute atomic E-state index is 10.9. The molecule has 0 saturated carbocycles. The Hall–Kier alpha value is -0.610. The summed E-state index contributed by atoms with van der Waals surface area (Å²) in [6.45, 7) is 5.59. The van der Waals surface area contributed by atoms with Crippen LogP contribution in [0.15, 0.2) is 0 Å². The van der Waals surface area contributed by atoms with E-state index in [9.17, 15) is 4.79 Å². The van der Waals surface area contributed by atoms with Crippen molar-refractivity contribution in [3.63, 3.8) is 0 Å². The minimum absolute atomic E-state index is 0.0497. The molecule has 16 heavy (non-hydrogen) atoms. The zero-order valence-electron chi connectivity index (χ0n) is 10.4. The van der Waals surface area contributed by atoms with Gasteiger partial charge in [0.05, 0.1) is 6.54 Å². The molecule has 1 heterocycles. The van der Waals surface area contributed by atoms with E-state index in [1.54, 1.807) is 0 Å². The molecule has 0 aromatic rings. The highest BCUT2D eigenvalue weighted by molar-refractivity contribution is 5.77. The summed E-state index contributed by atoms with van der Waals surface area (Å²) >= 11 is 0. The lowest BCUT2D eigenvalue weighted by atomic mass is 10.0. The summed E-state index contributed by atoms with van der Waals surface area (Å²) in [7, 11) is 0. The second kappa shape index (κ2) is 7.63. The molecule has 0 bridgehead atoms. The third-order valence-electron chi connectivity index (χ3n) is 3.32. The van der Waals surface area contributed by atoms with E-state index in [-0.39, 0.29) is 12.5 Å². The van der Waals surface area contributed by atoms with Crippen molar-refractivity contribution in [2.75, 3.05) is 26.2 Å². The van der Waals surface area contributed by atoms with E-state index in [0.29, 0.717) is 0 Å². The average molecular weight is 227 g/mol. The van der Waals surface area contributed by atoms with Crippen molar-refractivity contribution in [3.8, 4) is 0 Å². The molecule has 1 amide bonds. The number of nitrogens with one attached hydrogen (secondary N) is 1. The number of unbranched alkanes of at least 4 members (excludes halogenated alkanes) is 1. The smallest absolute Gasteiger partial charge is 0.233 e. The van der Waals surface area contributed by atoms with Crippen LogP contribution in [0.5, 0.6) is 0 Å². The zero-order valence-corrected chi connectivity index (χ0v) is 10.4. The van der Waals surface area contributed by atoms with Crippen LogP contribution in [0.1, 0.15) is 39.0 Å². The third kappa shape index (κ3) is 4.94. The van der Waals surface area contributed by atoms with E-state index >= 15 is 0 Å². The van der Waals surface area contributed by atoms with E-state index in [4.69, 9.17) is 5.73 Å². The molecule has 1 unspecified atom stereocenters. The molecule has 94 valence electrons. The quantitative estimate of drug-likeness (QED) is 0.657. The average Bonchev–Trinajstić information content (AvgIpc) is 2.30. The second-order valence-corrected chi connectivity index (χ2v) is 4.64. The Morgan fingerprint density at radius 3 is 2.94 bits per heavy atom. The fraction of sp³-hybridized carbons (Fsp3) is 0.917. The van der Waals surface area contributed by atoms with Gasteiger partial charge in [0.25, 0.3) is 0 Å². The molecule has 0 radical (unpaired) electrons. The predicted molar refractivity (Wildman–Crippen MR) is 66.2 cm³/mol. The van der Waals surface area contributed by atoms with Crippen LogP contribution in [0, 0.1) is 0 Å². The first kappa shape index (κ1) is 13.5. The minimum atomic E-state index is -0.0497. The molecule has 0 aliphatic carbocycles. The van der Waals surface area contributed by atoms with E-state index in [1.807, 2.05) is 0 Å². The van der Waals surface area contributed by atoms with E-state index < -0.39 is 0 Å². The molecule has 0 aromatic carbocycles. The largest absolute Gasteiger partial charge is 0.355 e. The Bertz CT molecular complexity index is 208. The highest BCUT2D eigenvalue weighted by Crippen LogP contribution is 2.16. The summed E-state index contributed by atoms with van der Waals surface area (Å²) in [4.78, 5) is 13.4. The van der Waals surface area contributed by atoms with Gasteiger partial charge in [-0.1, -0.05) is 6.42 Å². The van der Waals surface area contributed by atoms with Crippen molar-refractivity contribution >= 4 is 5.91 Å². The lowest BCUT2D eigenvalue weighted by molar-refractivity contribution is -0.119. The summed E-state index contributed by atoms with van der Waals surface area (Å²) in [5.41, 5.74) is 5.20. The first-order valence-corrected chi connectivity index (χ1v) is 6.45. The monoisotopic (exact) mass is 227 g/mol. The topological polar surface area (TPSA) is 58.4 Å². The van der Waals surface area contributed by atoms with Crippen molar-refractivity contribution in [1.82, 2.24) is 10.2 Å². The molecule has 1 fully saturated rings. The molecule has 3 N–H and O–H groups in total. The van der Waals surface area contributed by atoms with Gasteiger partial charge in [0.2, 0.25) is 5.91 Å². The Balaban J connectivity index is 1.99. The SMILES string of the molecule is CC1CCCCN1CCCCNC(=O)CN. The molecule has 4 heteroatoms. The maximum atomic E-state index is 10.9. The number of hydrogen-bond acceptors (Lipinski definition) is 3. The number of carbonyl (C=O) groups excluding carboxylic acids is 1. The number of likely N-dealkylation sites (tertiary alicyclic amines) is 1. The predicted octanol–water partition coefficient (Wildman–Crippen LogP) is 0.716. The molecule has 4 nitrogen and oxygen atoms in total. The lowest BCUT2D eigenvalue weighted by Gasteiger charge is -2.33. The summed E-state index contributed by atoms with van der Waals surface area (Å²) in [6.07, 6.45) is 6.27. The molecule has 1 rings (SSSR count). The molecule has 1 atom stereocenters. The van der Waals surface area contributed by atoms with Crippen LogP contribution in [0.25, 0.3) is 0 Å². The summed E-state index contributed by atoms with van der Waals surface area (Å²) < 4.78 is 0. The minimum Gasteiger partial charge on any atom is -0.355 e. The normalized spacial score (nSPS) is 22.0. The van der Waals surface area contributed by atoms with Gasteiger partial charge in [-0.3, -0.25) is 4.79 Å². The Morgan fingerprint density at radius 2 is 2.25 bits per heavy atom. The fourth-order valence-electron chi connectivity index (χ4n) is 2.23. The molecular weight excluding hydrogens is 202 g/mol. The maximum Gasteiger partial charge on any atom is 0.233 e. The van der Waals surface area contributed by atoms with Crippen LogP contribution in [0.2, 0.25) is 0 Å². The number of nitrogens with two attached hydrogens (primary N) is 1. The number of rotatable bonds is 6. The van der Waals surface area contributed by atoms with Crippen LogP contribution < -0.4 is 11.1 Å². The zero-order chi connectivity index (χ0) is 11.8. The van der Waals surface area contributed by atoms with Gasteiger partial charge in [0.15, 0.2) is 0 Å². The number of piperidine rings is 1. The summed E-state index contributed by atoms with van der Waals surface area (Å²) in [5.74, 6) is -0.0497. The summed E-state index contributed by atoms with van der Waals surface area (Å²) in [6, 6.07) is 0.743. The van der Waals surface area contributed by atoms with Gasteiger partial charge in [0, 0.05) is 12.6 Å². The summed E-state index contributed by atoms with van der Waals surface area (Å²) in [5, 5.41) is 2.80. The Morgan fingerprint density at radius 1 is 1.44 bits per heavy atom. The number of amides is 1. The van der Waals surface area contributed by atoms with Crippen LogP contribution in [-0.2, 0) is 4.79 Å². The molecule has 0 aromatic heterocycles. The lowest BCUT2D eigenvalue weighted by Crippen LogP contribution is -2.38. The number of nitrogens with zero attached hydrogens (tertiary/aromatic N) is 1. The van der Waals surface area contributed by atoms with Gasteiger partial charge in [-0.2, -0.15) is 0 Å². The molecule has 1 aliphatic heterocycles. The Kier molecular flexibility index (Phi) is 6.42. The second-order valence-electron chi connectivity index (χ2n) is 4.64. The van der Waals surface area contributed by atoms with Gasteiger partial charge in [0.1, 0.15) is 0 Å². The molecular formula is C12H25N3O. The van der Waals surface area contributed by atoms with Crippen molar-refractivity contribution in [2.45, 2.75) is 45.1 Å². The fourth-order valence-corrected chi connectivity index (χ4v) is 2.23. The van der Waals surface area contributed by atoms with Gasteiger partial charge in [-0.15, -0.1) is 0 Å². The van der Waals surface area contributed by atoms with Crippen LogP contribution in [0.3, 0.4) is 0 Å². The molecule has 1 aliphatic rings. The van der Waals surface area contributed by atoms with Gasteiger partial charge in [-0.05, 0) is 45.7 Å². The van der Waals surface area contributed by atoms with E-state index in [0.717, 1.165) is 25.4 Å². The third-order valence-corrected chi connectivity index (χ3v) is 3.32. The van der Waals surface area contributed by atoms with Crippen molar-refractivity contribution in [2.24, 2.45) is 5.73 Å². The van der Waals surface area contributed by atoms with Gasteiger partial charge < -0.3 is 16.0 Å². The van der Waals surface area contributed by atoms with Crippen molar-refractivity contribution in [1.29, 1.82) is 0 Å². The van der Waals surface area contributed by atoms with Crippen LogP contribution in [0.4, 0.5) is 0 Å². The molecule has 1 saturated heterocycles.